The van der Waals surface area contributed by atoms with Crippen LogP contribution in [-0.4, -0.2) is 43.2 Å². The van der Waals surface area contributed by atoms with E-state index in [9.17, 15) is 4.79 Å². The van der Waals surface area contributed by atoms with Crippen molar-refractivity contribution in [2.75, 3.05) is 19.7 Å². The Morgan fingerprint density at radius 1 is 1.75 bits per heavy atom. The monoisotopic (exact) mass is 175 g/mol. The van der Waals surface area contributed by atoms with Crippen molar-refractivity contribution in [2.45, 2.75) is 12.3 Å². The highest BCUT2D eigenvalue weighted by Gasteiger charge is 2.21. The van der Waals surface area contributed by atoms with Gasteiger partial charge in [-0.05, 0) is 0 Å². The lowest BCUT2D eigenvalue weighted by atomic mass is 10.3. The van der Waals surface area contributed by atoms with Gasteiger partial charge in [-0.1, -0.05) is 0 Å². The maximum atomic E-state index is 10.4. The van der Waals surface area contributed by atoms with E-state index < -0.39 is 12.3 Å². The summed E-state index contributed by atoms with van der Waals surface area (Å²) in [6.07, 6.45) is -0.705. The Hall–Kier alpha value is -0.850. The summed E-state index contributed by atoms with van der Waals surface area (Å²) < 4.78 is 5.22. The Labute approximate surface area is 70.1 Å². The highest BCUT2D eigenvalue weighted by atomic mass is 16.5. The van der Waals surface area contributed by atoms with Crippen LogP contribution < -0.4 is 16.4 Å². The molecule has 2 unspecified atom stereocenters. The molecular formula is C6H13N3O3. The van der Waals surface area contributed by atoms with E-state index in [1.807, 2.05) is 0 Å². The standard InChI is InChI=1S/C6H13N3O3/c7-6(11)9-5-2-8-1-4(3-10)12-5/h4-5,8,10H,1-3H2,(H3,7,9,11). The van der Waals surface area contributed by atoms with Gasteiger partial charge in [0, 0.05) is 13.1 Å². The number of carbonyl (C=O) groups is 1. The Morgan fingerprint density at radius 3 is 3.08 bits per heavy atom. The lowest BCUT2D eigenvalue weighted by Gasteiger charge is -2.29. The Kier molecular flexibility index (Phi) is 3.27. The molecule has 12 heavy (non-hydrogen) atoms. The maximum absolute atomic E-state index is 10.4. The summed E-state index contributed by atoms with van der Waals surface area (Å²) in [5.41, 5.74) is 4.89. The highest BCUT2D eigenvalue weighted by Crippen LogP contribution is 1.99. The van der Waals surface area contributed by atoms with Crippen LogP contribution >= 0.6 is 0 Å². The van der Waals surface area contributed by atoms with Gasteiger partial charge < -0.3 is 26.2 Å². The summed E-state index contributed by atoms with van der Waals surface area (Å²) in [4.78, 5) is 10.4. The minimum absolute atomic E-state index is 0.0655. The largest absolute Gasteiger partial charge is 0.394 e. The van der Waals surface area contributed by atoms with Crippen LogP contribution in [0.15, 0.2) is 0 Å². The zero-order chi connectivity index (χ0) is 8.97. The van der Waals surface area contributed by atoms with Crippen LogP contribution in [0.2, 0.25) is 0 Å². The van der Waals surface area contributed by atoms with Gasteiger partial charge >= 0.3 is 6.03 Å². The second-order valence-corrected chi connectivity index (χ2v) is 2.60. The average Bonchev–Trinajstić information content (AvgIpc) is 2.03. The number of nitrogens with one attached hydrogen (secondary N) is 2. The minimum atomic E-state index is -0.625. The molecule has 0 saturated carbocycles. The predicted molar refractivity (Wildman–Crippen MR) is 41.3 cm³/mol. The number of aliphatic hydroxyl groups excluding tert-OH is 1. The first-order chi connectivity index (χ1) is 5.72. The smallest absolute Gasteiger partial charge is 0.314 e. The maximum Gasteiger partial charge on any atom is 0.314 e. The molecule has 0 aromatic rings. The second-order valence-electron chi connectivity index (χ2n) is 2.60. The van der Waals surface area contributed by atoms with Crippen molar-refractivity contribution in [3.8, 4) is 0 Å². The molecule has 6 nitrogen and oxygen atoms in total. The number of aliphatic hydroxyl groups is 1. The zero-order valence-electron chi connectivity index (χ0n) is 6.62. The summed E-state index contributed by atoms with van der Waals surface area (Å²) in [7, 11) is 0. The van der Waals surface area contributed by atoms with E-state index in [0.717, 1.165) is 0 Å². The molecule has 5 N–H and O–H groups in total. The van der Waals surface area contributed by atoms with Gasteiger partial charge in [0.15, 0.2) is 0 Å². The van der Waals surface area contributed by atoms with Crippen molar-refractivity contribution in [1.82, 2.24) is 10.6 Å². The Bertz CT molecular complexity index is 164. The van der Waals surface area contributed by atoms with Gasteiger partial charge in [-0.3, -0.25) is 0 Å². The number of nitrogens with two attached hydrogens (primary N) is 1. The Balaban J connectivity index is 2.30. The number of hydrogen-bond acceptors (Lipinski definition) is 4. The number of rotatable bonds is 2. The molecule has 6 heteroatoms. The fourth-order valence-corrected chi connectivity index (χ4v) is 1.06. The van der Waals surface area contributed by atoms with Crippen molar-refractivity contribution >= 4 is 6.03 Å². The molecule has 0 aromatic carbocycles. The van der Waals surface area contributed by atoms with Gasteiger partial charge in [0.05, 0.1) is 12.7 Å². The van der Waals surface area contributed by atoms with Crippen LogP contribution in [0.5, 0.6) is 0 Å². The van der Waals surface area contributed by atoms with Crippen LogP contribution in [0.3, 0.4) is 0 Å². The van der Waals surface area contributed by atoms with Crippen LogP contribution in [0, 0.1) is 0 Å². The summed E-state index contributed by atoms with van der Waals surface area (Å²) in [5, 5.41) is 14.1. The number of carbonyl (C=O) groups excluding carboxylic acids is 1. The number of ether oxygens (including phenoxy) is 1. The number of amides is 2. The molecule has 1 saturated heterocycles. The van der Waals surface area contributed by atoms with E-state index in [1.165, 1.54) is 0 Å². The molecule has 1 heterocycles. The van der Waals surface area contributed by atoms with E-state index in [2.05, 4.69) is 10.6 Å². The zero-order valence-corrected chi connectivity index (χ0v) is 6.62. The van der Waals surface area contributed by atoms with Gasteiger partial charge in [-0.25, -0.2) is 4.79 Å². The second kappa shape index (κ2) is 4.24. The lowest BCUT2D eigenvalue weighted by Crippen LogP contribution is -2.54. The molecule has 0 bridgehead atoms. The molecule has 2 atom stereocenters. The lowest BCUT2D eigenvalue weighted by molar-refractivity contribution is -0.0682. The third kappa shape index (κ3) is 2.65. The van der Waals surface area contributed by atoms with Crippen LogP contribution in [0.4, 0.5) is 4.79 Å². The average molecular weight is 175 g/mol. The first-order valence-corrected chi connectivity index (χ1v) is 3.75. The van der Waals surface area contributed by atoms with E-state index in [-0.39, 0.29) is 12.7 Å². The summed E-state index contributed by atoms with van der Waals surface area (Å²) in [6, 6.07) is -0.625. The summed E-state index contributed by atoms with van der Waals surface area (Å²) in [5.74, 6) is 0. The third-order valence-corrected chi connectivity index (χ3v) is 1.57. The number of urea groups is 1. The Morgan fingerprint density at radius 2 is 2.50 bits per heavy atom. The first-order valence-electron chi connectivity index (χ1n) is 3.75. The van der Waals surface area contributed by atoms with Gasteiger partial charge in [0.2, 0.25) is 0 Å². The van der Waals surface area contributed by atoms with Crippen LogP contribution in [-0.2, 0) is 4.74 Å². The molecule has 70 valence electrons. The van der Waals surface area contributed by atoms with Gasteiger partial charge in [0.25, 0.3) is 0 Å². The van der Waals surface area contributed by atoms with Crippen molar-refractivity contribution in [1.29, 1.82) is 0 Å². The number of morpholine rings is 1. The molecule has 1 aliphatic rings. The number of hydrogen-bond donors (Lipinski definition) is 4. The van der Waals surface area contributed by atoms with Crippen LogP contribution in [0.25, 0.3) is 0 Å². The molecular weight excluding hydrogens is 162 g/mol. The minimum Gasteiger partial charge on any atom is -0.394 e. The molecule has 0 aromatic heterocycles. The van der Waals surface area contributed by atoms with Gasteiger partial charge in [0.1, 0.15) is 6.23 Å². The summed E-state index contributed by atoms with van der Waals surface area (Å²) in [6.45, 7) is 1.04. The molecule has 0 radical (unpaired) electrons. The molecule has 1 rings (SSSR count). The fraction of sp³-hybridized carbons (Fsp3) is 0.833. The number of primary amides is 1. The quantitative estimate of drug-likeness (QED) is 0.389. The topological polar surface area (TPSA) is 96.6 Å². The normalized spacial score (nSPS) is 29.8. The van der Waals surface area contributed by atoms with Gasteiger partial charge in [-0.2, -0.15) is 0 Å². The van der Waals surface area contributed by atoms with Crippen molar-refractivity contribution in [3.05, 3.63) is 0 Å². The van der Waals surface area contributed by atoms with Gasteiger partial charge in [-0.15, -0.1) is 0 Å². The summed E-state index contributed by atoms with van der Waals surface area (Å²) >= 11 is 0. The molecule has 0 aliphatic carbocycles. The van der Waals surface area contributed by atoms with Crippen LogP contribution in [0.1, 0.15) is 0 Å². The molecule has 1 aliphatic heterocycles. The SMILES string of the molecule is NC(=O)NC1CNCC(CO)O1. The van der Waals surface area contributed by atoms with Crippen molar-refractivity contribution in [3.63, 3.8) is 0 Å². The van der Waals surface area contributed by atoms with Crippen molar-refractivity contribution in [2.24, 2.45) is 5.73 Å². The predicted octanol–water partition coefficient (Wildman–Crippen LogP) is -2.04. The van der Waals surface area contributed by atoms with E-state index >= 15 is 0 Å². The molecule has 1 fully saturated rings. The third-order valence-electron chi connectivity index (χ3n) is 1.57. The molecule has 0 spiro atoms. The first kappa shape index (κ1) is 9.24. The fourth-order valence-electron chi connectivity index (χ4n) is 1.06. The van der Waals surface area contributed by atoms with E-state index in [4.69, 9.17) is 15.6 Å². The molecule has 2 amide bonds. The highest BCUT2D eigenvalue weighted by molar-refractivity contribution is 5.71. The van der Waals surface area contributed by atoms with Crippen molar-refractivity contribution < 1.29 is 14.6 Å². The van der Waals surface area contributed by atoms with E-state index in [1.54, 1.807) is 0 Å². The van der Waals surface area contributed by atoms with E-state index in [0.29, 0.717) is 13.1 Å².